The molecular weight excluding hydrogens is 316 g/mol. The smallest absolute Gasteiger partial charge is 0.315 e. The van der Waals surface area contributed by atoms with Crippen LogP contribution in [0.2, 0.25) is 0 Å². The quantitative estimate of drug-likeness (QED) is 0.842. The van der Waals surface area contributed by atoms with E-state index in [9.17, 15) is 4.79 Å². The average Bonchev–Trinajstić information content (AvgIpc) is 2.80. The van der Waals surface area contributed by atoms with Crippen LogP contribution in [-0.2, 0) is 7.05 Å². The van der Waals surface area contributed by atoms with Crippen molar-refractivity contribution in [2.75, 3.05) is 6.61 Å². The van der Waals surface area contributed by atoms with Gasteiger partial charge in [0.1, 0.15) is 5.75 Å². The van der Waals surface area contributed by atoms with Gasteiger partial charge >= 0.3 is 6.03 Å². The van der Waals surface area contributed by atoms with E-state index in [1.807, 2.05) is 70.6 Å². The minimum absolute atomic E-state index is 0.115. The van der Waals surface area contributed by atoms with E-state index in [1.54, 1.807) is 0 Å². The number of ether oxygens (including phenoxy) is 1. The Hall–Kier alpha value is -2.50. The summed E-state index contributed by atoms with van der Waals surface area (Å²) in [5.74, 6) is 0.809. The van der Waals surface area contributed by atoms with Crippen LogP contribution in [0.15, 0.2) is 24.3 Å². The second-order valence-electron chi connectivity index (χ2n) is 6.27. The highest BCUT2D eigenvalue weighted by Crippen LogP contribution is 2.21. The van der Waals surface area contributed by atoms with E-state index in [4.69, 9.17) is 4.74 Å². The van der Waals surface area contributed by atoms with Gasteiger partial charge in [0.15, 0.2) is 0 Å². The van der Waals surface area contributed by atoms with Crippen molar-refractivity contribution in [1.82, 2.24) is 20.4 Å². The fraction of sp³-hybridized carbons (Fsp3) is 0.474. The summed E-state index contributed by atoms with van der Waals surface area (Å²) in [4.78, 5) is 12.4. The van der Waals surface area contributed by atoms with Gasteiger partial charge in [-0.25, -0.2) is 4.79 Å². The van der Waals surface area contributed by atoms with E-state index in [2.05, 4.69) is 15.7 Å². The van der Waals surface area contributed by atoms with Crippen LogP contribution in [0.25, 0.3) is 0 Å². The molecule has 1 aromatic heterocycles. The van der Waals surface area contributed by atoms with E-state index in [-0.39, 0.29) is 18.1 Å². The minimum atomic E-state index is -0.204. The largest absolute Gasteiger partial charge is 0.494 e. The molecule has 2 amide bonds. The van der Waals surface area contributed by atoms with Gasteiger partial charge in [-0.15, -0.1) is 0 Å². The molecule has 25 heavy (non-hydrogen) atoms. The zero-order valence-electron chi connectivity index (χ0n) is 15.9. The van der Waals surface area contributed by atoms with Crippen LogP contribution < -0.4 is 15.4 Å². The normalized spacial score (nSPS) is 13.2. The summed E-state index contributed by atoms with van der Waals surface area (Å²) >= 11 is 0. The van der Waals surface area contributed by atoms with Crippen molar-refractivity contribution in [3.8, 4) is 5.75 Å². The third-order valence-corrected chi connectivity index (χ3v) is 4.36. The van der Waals surface area contributed by atoms with Gasteiger partial charge in [-0.05, 0) is 52.3 Å². The third-order valence-electron chi connectivity index (χ3n) is 4.36. The molecule has 2 aromatic rings. The number of hydrogen-bond donors (Lipinski definition) is 2. The predicted molar refractivity (Wildman–Crippen MR) is 98.8 cm³/mol. The summed E-state index contributed by atoms with van der Waals surface area (Å²) in [6.45, 7) is 10.5. The Labute approximate surface area is 149 Å². The Bertz CT molecular complexity index is 739. The minimum Gasteiger partial charge on any atom is -0.494 e. The summed E-state index contributed by atoms with van der Waals surface area (Å²) in [7, 11) is 1.91. The third kappa shape index (κ3) is 4.53. The lowest BCUT2D eigenvalue weighted by molar-refractivity contribution is 0.235. The maximum atomic E-state index is 12.4. The Kier molecular flexibility index (Phi) is 6.07. The number of rotatable bonds is 6. The number of amides is 2. The van der Waals surface area contributed by atoms with Crippen molar-refractivity contribution >= 4 is 6.03 Å². The highest BCUT2D eigenvalue weighted by atomic mass is 16.5. The van der Waals surface area contributed by atoms with Crippen LogP contribution in [0, 0.1) is 13.8 Å². The molecular formula is C19H28N4O2. The molecule has 0 unspecified atom stereocenters. The molecule has 0 radical (unpaired) electrons. The summed E-state index contributed by atoms with van der Waals surface area (Å²) in [6, 6.07) is 7.33. The van der Waals surface area contributed by atoms with Crippen LogP contribution in [0.4, 0.5) is 4.79 Å². The number of urea groups is 1. The Morgan fingerprint density at radius 1 is 1.24 bits per heavy atom. The number of carbonyl (C=O) groups is 1. The monoisotopic (exact) mass is 344 g/mol. The highest BCUT2D eigenvalue weighted by Gasteiger charge is 2.19. The first-order valence-corrected chi connectivity index (χ1v) is 8.63. The first-order valence-electron chi connectivity index (χ1n) is 8.63. The van der Waals surface area contributed by atoms with Gasteiger partial charge in [-0.2, -0.15) is 5.10 Å². The summed E-state index contributed by atoms with van der Waals surface area (Å²) in [5, 5.41) is 10.4. The lowest BCUT2D eigenvalue weighted by Crippen LogP contribution is -2.38. The number of aryl methyl sites for hydroxylation is 2. The van der Waals surface area contributed by atoms with Crippen LogP contribution in [0.1, 0.15) is 55.4 Å². The Morgan fingerprint density at radius 2 is 1.92 bits per heavy atom. The van der Waals surface area contributed by atoms with Gasteiger partial charge in [0, 0.05) is 18.3 Å². The summed E-state index contributed by atoms with van der Waals surface area (Å²) in [6.07, 6.45) is 0. The molecule has 0 saturated heterocycles. The summed E-state index contributed by atoms with van der Waals surface area (Å²) < 4.78 is 7.35. The molecule has 0 spiro atoms. The molecule has 6 nitrogen and oxygen atoms in total. The number of benzene rings is 1. The zero-order chi connectivity index (χ0) is 18.6. The number of hydrogen-bond acceptors (Lipinski definition) is 3. The van der Waals surface area contributed by atoms with Gasteiger partial charge in [0.2, 0.25) is 0 Å². The molecule has 1 aromatic carbocycles. The van der Waals surface area contributed by atoms with Crippen molar-refractivity contribution in [3.63, 3.8) is 0 Å². The molecule has 2 rings (SSSR count). The van der Waals surface area contributed by atoms with Gasteiger partial charge in [0.25, 0.3) is 0 Å². The van der Waals surface area contributed by atoms with Crippen molar-refractivity contribution in [2.45, 2.75) is 46.7 Å². The van der Waals surface area contributed by atoms with E-state index >= 15 is 0 Å². The van der Waals surface area contributed by atoms with E-state index in [1.165, 1.54) is 0 Å². The molecule has 0 aliphatic rings. The van der Waals surface area contributed by atoms with Crippen LogP contribution in [0.5, 0.6) is 5.75 Å². The van der Waals surface area contributed by atoms with E-state index < -0.39 is 0 Å². The predicted octanol–water partition coefficient (Wildman–Crippen LogP) is 3.56. The molecule has 0 aliphatic heterocycles. The maximum absolute atomic E-state index is 12.4. The number of carbonyl (C=O) groups excluding carboxylic acids is 1. The molecule has 2 N–H and O–H groups in total. The molecule has 136 valence electrons. The van der Waals surface area contributed by atoms with E-state index in [0.29, 0.717) is 6.61 Å². The van der Waals surface area contributed by atoms with Gasteiger partial charge in [-0.1, -0.05) is 12.1 Å². The maximum Gasteiger partial charge on any atom is 0.315 e. The van der Waals surface area contributed by atoms with Crippen molar-refractivity contribution in [1.29, 1.82) is 0 Å². The lowest BCUT2D eigenvalue weighted by atomic mass is 10.1. The molecule has 0 fully saturated rings. The van der Waals surface area contributed by atoms with Crippen LogP contribution in [-0.4, -0.2) is 22.4 Å². The molecule has 0 bridgehead atoms. The van der Waals surface area contributed by atoms with E-state index in [0.717, 1.165) is 28.3 Å². The fourth-order valence-electron chi connectivity index (χ4n) is 3.05. The number of nitrogens with zero attached hydrogens (tertiary/aromatic N) is 2. The van der Waals surface area contributed by atoms with Crippen LogP contribution >= 0.6 is 0 Å². The zero-order valence-corrected chi connectivity index (χ0v) is 15.9. The Balaban J connectivity index is 2.00. The fourth-order valence-corrected chi connectivity index (χ4v) is 3.05. The first-order chi connectivity index (χ1) is 11.8. The topological polar surface area (TPSA) is 68.2 Å². The molecule has 0 saturated carbocycles. The molecule has 2 atom stereocenters. The summed E-state index contributed by atoms with van der Waals surface area (Å²) in [5.41, 5.74) is 4.05. The number of aromatic nitrogens is 2. The first kappa shape index (κ1) is 18.8. The van der Waals surface area contributed by atoms with Crippen molar-refractivity contribution in [3.05, 3.63) is 46.8 Å². The highest BCUT2D eigenvalue weighted by molar-refractivity contribution is 5.75. The second-order valence-corrected chi connectivity index (χ2v) is 6.27. The number of nitrogens with one attached hydrogen (secondary N) is 2. The lowest BCUT2D eigenvalue weighted by Gasteiger charge is -2.19. The Morgan fingerprint density at radius 3 is 2.52 bits per heavy atom. The van der Waals surface area contributed by atoms with Crippen molar-refractivity contribution in [2.24, 2.45) is 7.05 Å². The van der Waals surface area contributed by atoms with Crippen molar-refractivity contribution < 1.29 is 9.53 Å². The van der Waals surface area contributed by atoms with Gasteiger partial charge in [0.05, 0.1) is 24.4 Å². The van der Waals surface area contributed by atoms with Crippen LogP contribution in [0.3, 0.4) is 0 Å². The average molecular weight is 344 g/mol. The second kappa shape index (κ2) is 8.05. The van der Waals surface area contributed by atoms with Gasteiger partial charge in [-0.3, -0.25) is 4.68 Å². The standard InChI is InChI=1S/C19H28N4O2/c1-7-25-17-10-8-9-16(11-17)12(2)20-19(24)21-13(3)18-14(4)22-23(6)15(18)5/h8-13H,7H2,1-6H3,(H2,20,21,24)/t12-,13+/m0/s1. The molecule has 0 aliphatic carbocycles. The molecule has 6 heteroatoms. The SMILES string of the molecule is CCOc1cccc([C@H](C)NC(=O)N[C@H](C)c2c(C)nn(C)c2C)c1. The van der Waals surface area contributed by atoms with Gasteiger partial charge < -0.3 is 15.4 Å². The molecule has 1 heterocycles.